The Morgan fingerprint density at radius 3 is 2.03 bits per heavy atom. The number of aromatic nitrogens is 4. The Morgan fingerprint density at radius 2 is 1.41 bits per heavy atom. The monoisotopic (exact) mass is 496 g/mol. The number of halogens is 1. The molecule has 6 nitrogen and oxygen atoms in total. The van der Waals surface area contributed by atoms with Gasteiger partial charge in [0.25, 0.3) is 0 Å². The van der Waals surface area contributed by atoms with Crippen molar-refractivity contribution in [2.24, 2.45) is 0 Å². The molecule has 0 aliphatic rings. The lowest BCUT2D eigenvalue weighted by Crippen LogP contribution is -2.14. The minimum Gasteiger partial charge on any atom is -0.241 e. The molecule has 4 rings (SSSR count). The van der Waals surface area contributed by atoms with Gasteiger partial charge in [-0.25, -0.2) is 9.03 Å². The van der Waals surface area contributed by atoms with Crippen molar-refractivity contribution in [2.45, 2.75) is 38.5 Å². The standard InChI is InChI=1S/C11H10IN3.C11H11N3/c1-11(2,7-13)8-3-4-10-9(12)5-14-15(10)6-8;1-11(2,8-12)9-3-4-10-5-6-13-14(10)7-9/h3-6H,1-2H3;3-7H,1-2H3. The molecule has 0 amide bonds. The molecule has 0 aromatic carbocycles. The fourth-order valence-corrected chi connectivity index (χ4v) is 3.29. The summed E-state index contributed by atoms with van der Waals surface area (Å²) in [4.78, 5) is 0. The predicted molar refractivity (Wildman–Crippen MR) is 120 cm³/mol. The molecule has 0 saturated heterocycles. The second kappa shape index (κ2) is 7.84. The summed E-state index contributed by atoms with van der Waals surface area (Å²) in [5, 5.41) is 26.4. The van der Waals surface area contributed by atoms with Crippen LogP contribution >= 0.6 is 22.6 Å². The number of fused-ring (bicyclic) bond motifs is 2. The molecule has 4 heterocycles. The van der Waals surface area contributed by atoms with Crippen molar-refractivity contribution in [3.05, 3.63) is 69.8 Å². The van der Waals surface area contributed by atoms with Crippen LogP contribution in [0.5, 0.6) is 0 Å². The van der Waals surface area contributed by atoms with Crippen LogP contribution in [0.1, 0.15) is 38.8 Å². The highest BCUT2D eigenvalue weighted by Gasteiger charge is 2.21. The van der Waals surface area contributed by atoms with Gasteiger partial charge in [-0.3, -0.25) is 0 Å². The van der Waals surface area contributed by atoms with Gasteiger partial charge in [0.2, 0.25) is 0 Å². The normalized spacial score (nSPS) is 11.6. The molecular formula is C22H21IN6. The number of hydrogen-bond donors (Lipinski definition) is 0. The maximum atomic E-state index is 9.04. The summed E-state index contributed by atoms with van der Waals surface area (Å²) in [5.74, 6) is 0. The first-order valence-electron chi connectivity index (χ1n) is 9.08. The van der Waals surface area contributed by atoms with Crippen LogP contribution in [0, 0.1) is 26.2 Å². The molecule has 7 heteroatoms. The highest BCUT2D eigenvalue weighted by atomic mass is 127. The summed E-state index contributed by atoms with van der Waals surface area (Å²) in [6, 6.07) is 14.4. The van der Waals surface area contributed by atoms with Gasteiger partial charge in [-0.05, 0) is 79.6 Å². The van der Waals surface area contributed by atoms with E-state index in [0.717, 1.165) is 25.7 Å². The number of nitriles is 2. The predicted octanol–water partition coefficient (Wildman–Crippen LogP) is 4.88. The smallest absolute Gasteiger partial charge is 0.0795 e. The highest BCUT2D eigenvalue weighted by Crippen LogP contribution is 2.24. The molecule has 0 spiro atoms. The van der Waals surface area contributed by atoms with Crippen LogP contribution in [0.4, 0.5) is 0 Å². The summed E-state index contributed by atoms with van der Waals surface area (Å²) in [6.07, 6.45) is 7.39. The van der Waals surface area contributed by atoms with Gasteiger partial charge >= 0.3 is 0 Å². The molecule has 0 fully saturated rings. The second-order valence-electron chi connectivity index (χ2n) is 7.83. The van der Waals surface area contributed by atoms with E-state index in [4.69, 9.17) is 10.5 Å². The molecule has 0 unspecified atom stereocenters. The Kier molecular flexibility index (Phi) is 5.63. The fourth-order valence-electron chi connectivity index (χ4n) is 2.74. The Labute approximate surface area is 183 Å². The average Bonchev–Trinajstić information content (AvgIpc) is 3.34. The zero-order chi connectivity index (χ0) is 21.2. The van der Waals surface area contributed by atoms with Crippen molar-refractivity contribution in [1.29, 1.82) is 10.5 Å². The highest BCUT2D eigenvalue weighted by molar-refractivity contribution is 14.1. The first-order chi connectivity index (χ1) is 13.7. The summed E-state index contributed by atoms with van der Waals surface area (Å²) >= 11 is 2.25. The van der Waals surface area contributed by atoms with Crippen LogP contribution in [0.3, 0.4) is 0 Å². The minimum atomic E-state index is -0.467. The van der Waals surface area contributed by atoms with Gasteiger partial charge < -0.3 is 0 Å². The van der Waals surface area contributed by atoms with E-state index in [9.17, 15) is 0 Å². The van der Waals surface area contributed by atoms with E-state index in [1.807, 2.05) is 81.1 Å². The second-order valence-corrected chi connectivity index (χ2v) is 8.99. The van der Waals surface area contributed by atoms with Gasteiger partial charge in [0.15, 0.2) is 0 Å². The third-order valence-corrected chi connectivity index (χ3v) is 5.70. The lowest BCUT2D eigenvalue weighted by Gasteiger charge is -2.15. The Balaban J connectivity index is 0.000000166. The molecule has 0 saturated carbocycles. The van der Waals surface area contributed by atoms with Crippen LogP contribution in [0.15, 0.2) is 55.1 Å². The molecule has 4 aromatic heterocycles. The van der Waals surface area contributed by atoms with Crippen molar-refractivity contribution in [3.8, 4) is 12.1 Å². The molecule has 4 aromatic rings. The Morgan fingerprint density at radius 1 is 0.828 bits per heavy atom. The minimum absolute atomic E-state index is 0.458. The van der Waals surface area contributed by atoms with Crippen LogP contribution < -0.4 is 0 Å². The SMILES string of the molecule is CC(C)(C#N)c1ccc2c(I)cnn2c1.CC(C)(C#N)c1ccc2ccnn2c1. The van der Waals surface area contributed by atoms with Crippen molar-refractivity contribution >= 4 is 33.6 Å². The molecule has 0 N–H and O–H groups in total. The summed E-state index contributed by atoms with van der Waals surface area (Å²) < 4.78 is 4.72. The van der Waals surface area contributed by atoms with Crippen molar-refractivity contribution in [1.82, 2.24) is 19.2 Å². The van der Waals surface area contributed by atoms with E-state index in [-0.39, 0.29) is 0 Å². The van der Waals surface area contributed by atoms with Crippen molar-refractivity contribution in [3.63, 3.8) is 0 Å². The van der Waals surface area contributed by atoms with E-state index in [2.05, 4.69) is 44.9 Å². The number of hydrogen-bond acceptors (Lipinski definition) is 4. The molecule has 0 aliphatic heterocycles. The number of pyridine rings is 2. The van der Waals surface area contributed by atoms with Gasteiger partial charge in [-0.15, -0.1) is 0 Å². The molecule has 0 bridgehead atoms. The topological polar surface area (TPSA) is 82.2 Å². The molecule has 0 aliphatic carbocycles. The van der Waals surface area contributed by atoms with Gasteiger partial charge in [-0.2, -0.15) is 20.7 Å². The van der Waals surface area contributed by atoms with Gasteiger partial charge in [0.1, 0.15) is 0 Å². The maximum absolute atomic E-state index is 9.04. The molecule has 29 heavy (non-hydrogen) atoms. The molecule has 146 valence electrons. The Bertz CT molecular complexity index is 1250. The third-order valence-electron chi connectivity index (χ3n) is 4.87. The van der Waals surface area contributed by atoms with Crippen LogP contribution in [-0.2, 0) is 10.8 Å². The molecule has 0 atom stereocenters. The Hall–Kier alpha value is -2.91. The van der Waals surface area contributed by atoms with Crippen LogP contribution in [0.25, 0.3) is 11.0 Å². The van der Waals surface area contributed by atoms with Crippen LogP contribution in [-0.4, -0.2) is 19.2 Å². The number of rotatable bonds is 2. The number of nitrogens with zero attached hydrogens (tertiary/aromatic N) is 6. The van der Waals surface area contributed by atoms with E-state index in [1.54, 1.807) is 10.7 Å². The summed E-state index contributed by atoms with van der Waals surface area (Å²) in [6.45, 7) is 7.61. The summed E-state index contributed by atoms with van der Waals surface area (Å²) in [5.41, 5.74) is 3.16. The largest absolute Gasteiger partial charge is 0.241 e. The average molecular weight is 496 g/mol. The first kappa shape index (κ1) is 20.8. The quantitative estimate of drug-likeness (QED) is 0.371. The van der Waals surface area contributed by atoms with Gasteiger partial charge in [0.05, 0.1) is 43.8 Å². The van der Waals surface area contributed by atoms with E-state index < -0.39 is 10.8 Å². The van der Waals surface area contributed by atoms with E-state index in [0.29, 0.717) is 0 Å². The van der Waals surface area contributed by atoms with E-state index in [1.165, 1.54) is 0 Å². The van der Waals surface area contributed by atoms with Crippen molar-refractivity contribution < 1.29 is 0 Å². The van der Waals surface area contributed by atoms with Crippen molar-refractivity contribution in [2.75, 3.05) is 0 Å². The molecule has 0 radical (unpaired) electrons. The van der Waals surface area contributed by atoms with Crippen LogP contribution in [0.2, 0.25) is 0 Å². The van der Waals surface area contributed by atoms with Gasteiger partial charge in [0, 0.05) is 18.6 Å². The third kappa shape index (κ3) is 4.25. The molecular weight excluding hydrogens is 475 g/mol. The zero-order valence-electron chi connectivity index (χ0n) is 16.8. The lowest BCUT2D eigenvalue weighted by atomic mass is 9.88. The summed E-state index contributed by atoms with van der Waals surface area (Å²) in [7, 11) is 0. The van der Waals surface area contributed by atoms with E-state index >= 15 is 0 Å². The zero-order valence-corrected chi connectivity index (χ0v) is 18.9. The van der Waals surface area contributed by atoms with Gasteiger partial charge in [-0.1, -0.05) is 12.1 Å². The lowest BCUT2D eigenvalue weighted by molar-refractivity contribution is 0.677. The maximum Gasteiger partial charge on any atom is 0.0795 e. The first-order valence-corrected chi connectivity index (χ1v) is 10.2. The fraction of sp³-hybridized carbons (Fsp3) is 0.273.